The Hall–Kier alpha value is -2.61. The fraction of sp³-hybridized carbons (Fsp3) is 0.591. The smallest absolute Gasteiger partial charge is 0.191 e. The quantitative estimate of drug-likeness (QED) is 0.391. The lowest BCUT2D eigenvalue weighted by molar-refractivity contribution is 0.312. The van der Waals surface area contributed by atoms with E-state index in [1.807, 2.05) is 13.1 Å². The molecule has 0 radical (unpaired) electrons. The van der Waals surface area contributed by atoms with Crippen LogP contribution in [0.25, 0.3) is 0 Å². The molecule has 0 amide bonds. The van der Waals surface area contributed by atoms with E-state index in [-0.39, 0.29) is 0 Å². The monoisotopic (exact) mass is 412 g/mol. The van der Waals surface area contributed by atoms with E-state index < -0.39 is 0 Å². The lowest BCUT2D eigenvalue weighted by atomic mass is 10.2. The number of aryl methyl sites for hydroxylation is 3. The van der Waals surface area contributed by atoms with E-state index in [0.717, 1.165) is 69.7 Å². The summed E-state index contributed by atoms with van der Waals surface area (Å²) < 4.78 is 2.07. The normalized spacial score (nSPS) is 15.5. The van der Waals surface area contributed by atoms with E-state index in [2.05, 4.69) is 74.3 Å². The Labute approximate surface area is 180 Å². The van der Waals surface area contributed by atoms with Crippen molar-refractivity contribution < 1.29 is 0 Å². The van der Waals surface area contributed by atoms with E-state index in [1.54, 1.807) is 0 Å². The summed E-state index contributed by atoms with van der Waals surface area (Å²) in [6, 6.07) is 6.33. The maximum atomic E-state index is 4.77. The summed E-state index contributed by atoms with van der Waals surface area (Å²) in [6.07, 6.45) is 2.89. The maximum absolute atomic E-state index is 4.77. The van der Waals surface area contributed by atoms with Gasteiger partial charge in [-0.1, -0.05) is 0 Å². The van der Waals surface area contributed by atoms with Gasteiger partial charge in [0.25, 0.3) is 0 Å². The van der Waals surface area contributed by atoms with Crippen molar-refractivity contribution in [2.75, 3.05) is 51.2 Å². The number of piperazine rings is 1. The highest BCUT2D eigenvalue weighted by molar-refractivity contribution is 5.79. The van der Waals surface area contributed by atoms with Gasteiger partial charge in [0, 0.05) is 57.7 Å². The highest BCUT2D eigenvalue weighted by Gasteiger charge is 2.15. The van der Waals surface area contributed by atoms with Crippen LogP contribution < -0.4 is 15.5 Å². The van der Waals surface area contributed by atoms with Gasteiger partial charge < -0.3 is 20.4 Å². The van der Waals surface area contributed by atoms with E-state index in [9.17, 15) is 0 Å². The number of nitrogens with one attached hydrogen (secondary N) is 2. The van der Waals surface area contributed by atoms with Gasteiger partial charge in [0.1, 0.15) is 5.82 Å². The van der Waals surface area contributed by atoms with Gasteiger partial charge in [0.15, 0.2) is 5.96 Å². The van der Waals surface area contributed by atoms with E-state index in [1.165, 1.54) is 11.3 Å². The number of hydrogen-bond donors (Lipinski definition) is 2. The topological polar surface area (TPSA) is 73.6 Å². The summed E-state index contributed by atoms with van der Waals surface area (Å²) in [7, 11) is 2.17. The molecule has 30 heavy (non-hydrogen) atoms. The first kappa shape index (κ1) is 22.1. The predicted octanol–water partition coefficient (Wildman–Crippen LogP) is 1.79. The van der Waals surface area contributed by atoms with Gasteiger partial charge in [-0.3, -0.25) is 4.68 Å². The third kappa shape index (κ3) is 6.45. The van der Waals surface area contributed by atoms with Gasteiger partial charge in [-0.05, 0) is 58.0 Å². The van der Waals surface area contributed by atoms with Crippen LogP contribution in [-0.4, -0.2) is 71.9 Å². The lowest BCUT2D eigenvalue weighted by Gasteiger charge is -2.33. The Bertz CT molecular complexity index is 820. The van der Waals surface area contributed by atoms with E-state index in [4.69, 9.17) is 4.99 Å². The van der Waals surface area contributed by atoms with Gasteiger partial charge in [-0.15, -0.1) is 0 Å². The molecule has 3 heterocycles. The van der Waals surface area contributed by atoms with Crippen LogP contribution in [0.15, 0.2) is 29.4 Å². The molecule has 0 aromatic carbocycles. The number of guanidine groups is 1. The summed E-state index contributed by atoms with van der Waals surface area (Å²) in [4.78, 5) is 14.0. The first-order chi connectivity index (χ1) is 14.5. The minimum Gasteiger partial charge on any atom is -0.357 e. The SMILES string of the molecule is CCNC(=NCc1ccnc(N2CCN(C)CC2)c1)NCCCn1nc(C)cc1C. The predicted molar refractivity (Wildman–Crippen MR) is 123 cm³/mol. The van der Waals surface area contributed by atoms with Crippen LogP contribution in [0, 0.1) is 13.8 Å². The second kappa shape index (κ2) is 11.0. The zero-order valence-electron chi connectivity index (χ0n) is 18.9. The molecule has 0 unspecified atom stereocenters. The minimum atomic E-state index is 0.635. The standard InChI is InChI=1S/C22H36N8/c1-5-23-22(25-8-6-10-30-19(3)15-18(2)27-30)26-17-20-7-9-24-21(16-20)29-13-11-28(4)12-14-29/h7,9,15-16H,5-6,8,10-14,17H2,1-4H3,(H2,23,25,26). The molecule has 8 heteroatoms. The largest absolute Gasteiger partial charge is 0.357 e. The average Bonchev–Trinajstić information content (AvgIpc) is 3.07. The Kier molecular flexibility index (Phi) is 8.07. The summed E-state index contributed by atoms with van der Waals surface area (Å²) in [5, 5.41) is 11.3. The van der Waals surface area contributed by atoms with Crippen molar-refractivity contribution in [3.8, 4) is 0 Å². The van der Waals surface area contributed by atoms with Crippen molar-refractivity contribution in [2.24, 2.45) is 4.99 Å². The van der Waals surface area contributed by atoms with E-state index in [0.29, 0.717) is 6.54 Å². The van der Waals surface area contributed by atoms with Crippen molar-refractivity contribution in [3.63, 3.8) is 0 Å². The number of hydrogen-bond acceptors (Lipinski definition) is 5. The molecule has 164 valence electrons. The minimum absolute atomic E-state index is 0.635. The molecule has 1 aliphatic rings. The Morgan fingerprint density at radius 1 is 1.13 bits per heavy atom. The van der Waals surface area contributed by atoms with Crippen LogP contribution in [0.4, 0.5) is 5.82 Å². The van der Waals surface area contributed by atoms with E-state index >= 15 is 0 Å². The van der Waals surface area contributed by atoms with Crippen molar-refractivity contribution in [2.45, 2.75) is 40.3 Å². The van der Waals surface area contributed by atoms with Gasteiger partial charge in [0.05, 0.1) is 12.2 Å². The number of rotatable bonds is 8. The number of likely N-dealkylation sites (N-methyl/N-ethyl adjacent to an activating group) is 1. The van der Waals surface area contributed by atoms with Gasteiger partial charge in [-0.25, -0.2) is 9.98 Å². The van der Waals surface area contributed by atoms with Crippen LogP contribution in [-0.2, 0) is 13.1 Å². The molecule has 1 aliphatic heterocycles. The summed E-state index contributed by atoms with van der Waals surface area (Å²) in [6.45, 7) is 13.7. The molecular formula is C22H36N8. The molecule has 0 aliphatic carbocycles. The Morgan fingerprint density at radius 3 is 2.63 bits per heavy atom. The molecule has 1 fully saturated rings. The number of aliphatic imine (C=N–C) groups is 1. The summed E-state index contributed by atoms with van der Waals surface area (Å²) in [5.74, 6) is 1.91. The fourth-order valence-electron chi connectivity index (χ4n) is 3.62. The first-order valence-corrected chi connectivity index (χ1v) is 11.0. The zero-order chi connectivity index (χ0) is 21.3. The van der Waals surface area contributed by atoms with Crippen LogP contribution in [0.5, 0.6) is 0 Å². The molecular weight excluding hydrogens is 376 g/mol. The third-order valence-corrected chi connectivity index (χ3v) is 5.34. The number of pyridine rings is 1. The van der Waals surface area contributed by atoms with Crippen molar-refractivity contribution in [1.82, 2.24) is 30.3 Å². The Balaban J connectivity index is 1.51. The number of nitrogens with zero attached hydrogens (tertiary/aromatic N) is 6. The van der Waals surface area contributed by atoms with Crippen molar-refractivity contribution in [1.29, 1.82) is 0 Å². The van der Waals surface area contributed by atoms with Crippen LogP contribution in [0.2, 0.25) is 0 Å². The molecule has 2 N–H and O–H groups in total. The second-order valence-corrected chi connectivity index (χ2v) is 7.94. The molecule has 1 saturated heterocycles. The second-order valence-electron chi connectivity index (χ2n) is 7.94. The lowest BCUT2D eigenvalue weighted by Crippen LogP contribution is -2.44. The molecule has 3 rings (SSSR count). The zero-order valence-corrected chi connectivity index (χ0v) is 18.9. The Morgan fingerprint density at radius 2 is 1.93 bits per heavy atom. The summed E-state index contributed by atoms with van der Waals surface area (Å²) >= 11 is 0. The highest BCUT2D eigenvalue weighted by Crippen LogP contribution is 2.15. The van der Waals surface area contributed by atoms with Gasteiger partial charge >= 0.3 is 0 Å². The van der Waals surface area contributed by atoms with Crippen LogP contribution >= 0.6 is 0 Å². The van der Waals surface area contributed by atoms with Crippen molar-refractivity contribution >= 4 is 11.8 Å². The fourth-order valence-corrected chi connectivity index (χ4v) is 3.62. The summed E-state index contributed by atoms with van der Waals surface area (Å²) in [5.41, 5.74) is 3.46. The molecule has 0 saturated carbocycles. The first-order valence-electron chi connectivity index (χ1n) is 11.0. The van der Waals surface area contributed by atoms with Crippen molar-refractivity contribution in [3.05, 3.63) is 41.3 Å². The van der Waals surface area contributed by atoms with Gasteiger partial charge in [-0.2, -0.15) is 5.10 Å². The molecule has 8 nitrogen and oxygen atoms in total. The maximum Gasteiger partial charge on any atom is 0.191 e. The van der Waals surface area contributed by atoms with Crippen LogP contribution in [0.3, 0.4) is 0 Å². The molecule has 0 spiro atoms. The van der Waals surface area contributed by atoms with Crippen LogP contribution in [0.1, 0.15) is 30.3 Å². The third-order valence-electron chi connectivity index (χ3n) is 5.34. The number of aromatic nitrogens is 3. The molecule has 2 aromatic heterocycles. The number of anilines is 1. The molecule has 0 atom stereocenters. The average molecular weight is 413 g/mol. The molecule has 2 aromatic rings. The molecule has 0 bridgehead atoms. The highest BCUT2D eigenvalue weighted by atomic mass is 15.3. The van der Waals surface area contributed by atoms with Gasteiger partial charge in [0.2, 0.25) is 0 Å².